The molecule has 0 heterocycles. The highest BCUT2D eigenvalue weighted by molar-refractivity contribution is 5.66. The van der Waals surface area contributed by atoms with E-state index in [0.717, 1.165) is 19.5 Å². The number of nitrogens with zero attached hydrogens (tertiary/aromatic N) is 1. The van der Waals surface area contributed by atoms with Crippen molar-refractivity contribution >= 4 is 5.97 Å². The molecule has 0 radical (unpaired) electrons. The minimum Gasteiger partial charge on any atom is -0.481 e. The Labute approximate surface area is 91.9 Å². The van der Waals surface area contributed by atoms with E-state index in [0.29, 0.717) is 12.5 Å². The zero-order valence-corrected chi connectivity index (χ0v) is 9.94. The number of carbonyl (C=O) groups is 1. The smallest absolute Gasteiger partial charge is 0.303 e. The van der Waals surface area contributed by atoms with Gasteiger partial charge in [0.15, 0.2) is 0 Å². The van der Waals surface area contributed by atoms with Gasteiger partial charge >= 0.3 is 5.97 Å². The van der Waals surface area contributed by atoms with Gasteiger partial charge in [0.25, 0.3) is 0 Å². The fourth-order valence-corrected chi connectivity index (χ4v) is 1.41. The van der Waals surface area contributed by atoms with E-state index in [2.05, 4.69) is 18.7 Å². The zero-order valence-electron chi connectivity index (χ0n) is 9.94. The van der Waals surface area contributed by atoms with Gasteiger partial charge in [-0.3, -0.25) is 4.79 Å². The number of aliphatic carboxylic acids is 1. The zero-order chi connectivity index (χ0) is 11.8. The summed E-state index contributed by atoms with van der Waals surface area (Å²) in [7, 11) is 0. The highest BCUT2D eigenvalue weighted by Crippen LogP contribution is 2.04. The van der Waals surface area contributed by atoms with E-state index >= 15 is 0 Å². The minimum atomic E-state index is -0.741. The number of rotatable bonds is 8. The van der Waals surface area contributed by atoms with Crippen molar-refractivity contribution in [1.29, 1.82) is 0 Å². The molecule has 0 rings (SSSR count). The molecule has 0 aliphatic rings. The largest absolute Gasteiger partial charge is 0.481 e. The summed E-state index contributed by atoms with van der Waals surface area (Å²) >= 11 is 0. The molecule has 4 heteroatoms. The third kappa shape index (κ3) is 8.39. The standard InChI is InChI=1S/C11H23NO3/c1-9(2)12(8-6-10(3)13)7-4-5-11(14)15/h9-10,13H,4-8H2,1-3H3,(H,14,15). The van der Waals surface area contributed by atoms with E-state index in [4.69, 9.17) is 5.11 Å². The van der Waals surface area contributed by atoms with Gasteiger partial charge in [-0.05, 0) is 40.2 Å². The van der Waals surface area contributed by atoms with Crippen LogP contribution >= 0.6 is 0 Å². The van der Waals surface area contributed by atoms with E-state index in [-0.39, 0.29) is 12.5 Å². The van der Waals surface area contributed by atoms with Crippen molar-refractivity contribution in [3.8, 4) is 0 Å². The molecule has 0 aliphatic carbocycles. The van der Waals surface area contributed by atoms with Gasteiger partial charge in [0.1, 0.15) is 0 Å². The third-order valence-corrected chi connectivity index (χ3v) is 2.40. The lowest BCUT2D eigenvalue weighted by Crippen LogP contribution is -2.34. The van der Waals surface area contributed by atoms with Crippen LogP contribution < -0.4 is 0 Å². The summed E-state index contributed by atoms with van der Waals surface area (Å²) in [4.78, 5) is 12.6. The van der Waals surface area contributed by atoms with Gasteiger partial charge in [-0.15, -0.1) is 0 Å². The van der Waals surface area contributed by atoms with Crippen LogP contribution in [0.1, 0.15) is 40.0 Å². The molecule has 0 amide bonds. The molecule has 0 bridgehead atoms. The van der Waals surface area contributed by atoms with Crippen LogP contribution in [-0.2, 0) is 4.79 Å². The van der Waals surface area contributed by atoms with Crippen molar-refractivity contribution in [2.45, 2.75) is 52.2 Å². The number of hydrogen-bond donors (Lipinski definition) is 2. The normalized spacial score (nSPS) is 13.5. The molecule has 0 aromatic heterocycles. The number of aliphatic hydroxyl groups is 1. The van der Waals surface area contributed by atoms with Crippen LogP contribution in [0.5, 0.6) is 0 Å². The number of hydrogen-bond acceptors (Lipinski definition) is 3. The van der Waals surface area contributed by atoms with Crippen LogP contribution in [0.2, 0.25) is 0 Å². The lowest BCUT2D eigenvalue weighted by molar-refractivity contribution is -0.137. The number of aliphatic hydroxyl groups excluding tert-OH is 1. The fraction of sp³-hybridized carbons (Fsp3) is 0.909. The molecule has 2 N–H and O–H groups in total. The molecule has 0 aromatic rings. The maximum atomic E-state index is 10.4. The topological polar surface area (TPSA) is 60.8 Å². The summed E-state index contributed by atoms with van der Waals surface area (Å²) in [6, 6.07) is 0.401. The summed E-state index contributed by atoms with van der Waals surface area (Å²) in [6.45, 7) is 7.56. The Balaban J connectivity index is 3.78. The molecule has 90 valence electrons. The average molecular weight is 217 g/mol. The van der Waals surface area contributed by atoms with Gasteiger partial charge in [0, 0.05) is 19.0 Å². The predicted octanol–water partition coefficient (Wildman–Crippen LogP) is 1.33. The highest BCUT2D eigenvalue weighted by atomic mass is 16.4. The van der Waals surface area contributed by atoms with Crippen molar-refractivity contribution in [1.82, 2.24) is 4.90 Å². The van der Waals surface area contributed by atoms with E-state index < -0.39 is 5.97 Å². The molecule has 1 atom stereocenters. The van der Waals surface area contributed by atoms with Crippen molar-refractivity contribution in [2.75, 3.05) is 13.1 Å². The molecule has 0 aromatic carbocycles. The van der Waals surface area contributed by atoms with Gasteiger partial charge in [0.2, 0.25) is 0 Å². The highest BCUT2D eigenvalue weighted by Gasteiger charge is 2.10. The first kappa shape index (κ1) is 14.4. The Morgan fingerprint density at radius 2 is 1.87 bits per heavy atom. The van der Waals surface area contributed by atoms with Gasteiger partial charge < -0.3 is 15.1 Å². The lowest BCUT2D eigenvalue weighted by atomic mass is 10.2. The van der Waals surface area contributed by atoms with Crippen LogP contribution in [0.25, 0.3) is 0 Å². The Morgan fingerprint density at radius 1 is 1.27 bits per heavy atom. The first-order valence-corrected chi connectivity index (χ1v) is 5.57. The molecular formula is C11H23NO3. The Hall–Kier alpha value is -0.610. The fourth-order valence-electron chi connectivity index (χ4n) is 1.41. The van der Waals surface area contributed by atoms with E-state index in [9.17, 15) is 9.90 Å². The molecule has 0 saturated heterocycles. The maximum absolute atomic E-state index is 10.4. The summed E-state index contributed by atoms with van der Waals surface area (Å²) in [5, 5.41) is 17.7. The third-order valence-electron chi connectivity index (χ3n) is 2.40. The molecule has 0 saturated carbocycles. The van der Waals surface area contributed by atoms with Crippen molar-refractivity contribution in [3.63, 3.8) is 0 Å². The summed E-state index contributed by atoms with van der Waals surface area (Å²) in [6.07, 6.45) is 1.35. The minimum absolute atomic E-state index is 0.220. The Kier molecular flexibility index (Phi) is 7.34. The van der Waals surface area contributed by atoms with Crippen LogP contribution in [0.15, 0.2) is 0 Å². The van der Waals surface area contributed by atoms with Gasteiger partial charge in [0.05, 0.1) is 6.10 Å². The van der Waals surface area contributed by atoms with Crippen LogP contribution in [0.4, 0.5) is 0 Å². The van der Waals surface area contributed by atoms with Gasteiger partial charge in [-0.1, -0.05) is 0 Å². The lowest BCUT2D eigenvalue weighted by Gasteiger charge is -2.26. The monoisotopic (exact) mass is 217 g/mol. The molecule has 0 fully saturated rings. The molecule has 4 nitrogen and oxygen atoms in total. The first-order chi connectivity index (χ1) is 6.93. The molecule has 1 unspecified atom stereocenters. The van der Waals surface area contributed by atoms with Gasteiger partial charge in [-0.2, -0.15) is 0 Å². The van der Waals surface area contributed by atoms with Crippen LogP contribution in [-0.4, -0.2) is 46.3 Å². The van der Waals surface area contributed by atoms with Crippen molar-refractivity contribution < 1.29 is 15.0 Å². The quantitative estimate of drug-likeness (QED) is 0.644. The Bertz CT molecular complexity index is 181. The molecule has 0 aliphatic heterocycles. The summed E-state index contributed by atoms with van der Waals surface area (Å²) < 4.78 is 0. The average Bonchev–Trinajstić information content (AvgIpc) is 2.09. The second kappa shape index (κ2) is 7.65. The number of carboxylic acid groups (broad SMARTS) is 1. The second-order valence-corrected chi connectivity index (χ2v) is 4.26. The second-order valence-electron chi connectivity index (χ2n) is 4.26. The summed E-state index contributed by atoms with van der Waals surface area (Å²) in [5.41, 5.74) is 0. The SMILES string of the molecule is CC(O)CCN(CCCC(=O)O)C(C)C. The van der Waals surface area contributed by atoms with Crippen molar-refractivity contribution in [3.05, 3.63) is 0 Å². The molecular weight excluding hydrogens is 194 g/mol. The molecule has 0 spiro atoms. The predicted molar refractivity (Wildman–Crippen MR) is 59.9 cm³/mol. The first-order valence-electron chi connectivity index (χ1n) is 5.57. The maximum Gasteiger partial charge on any atom is 0.303 e. The molecule has 15 heavy (non-hydrogen) atoms. The summed E-state index contributed by atoms with van der Waals surface area (Å²) in [5.74, 6) is -0.741. The van der Waals surface area contributed by atoms with E-state index in [1.807, 2.05) is 0 Å². The Morgan fingerprint density at radius 3 is 2.27 bits per heavy atom. The van der Waals surface area contributed by atoms with Crippen LogP contribution in [0, 0.1) is 0 Å². The van der Waals surface area contributed by atoms with E-state index in [1.165, 1.54) is 0 Å². The number of carboxylic acids is 1. The van der Waals surface area contributed by atoms with Gasteiger partial charge in [-0.25, -0.2) is 0 Å². The van der Waals surface area contributed by atoms with Crippen LogP contribution in [0.3, 0.4) is 0 Å². The van der Waals surface area contributed by atoms with E-state index in [1.54, 1.807) is 6.92 Å². The van der Waals surface area contributed by atoms with Crippen molar-refractivity contribution in [2.24, 2.45) is 0 Å².